The van der Waals surface area contributed by atoms with Crippen LogP contribution in [0.3, 0.4) is 0 Å². The molecule has 3 nitrogen and oxygen atoms in total. The average Bonchev–Trinajstić information content (AvgIpc) is 2.43. The topological polar surface area (TPSA) is 30.5 Å². The third-order valence-corrected chi connectivity index (χ3v) is 3.50. The summed E-state index contributed by atoms with van der Waals surface area (Å²) in [5.74, 6) is 0.820. The highest BCUT2D eigenvalue weighted by atomic mass is 19.3. The van der Waals surface area contributed by atoms with E-state index in [4.69, 9.17) is 9.47 Å². The Bertz CT molecular complexity index is 426. The number of aryl methyl sites for hydroxylation is 1. The summed E-state index contributed by atoms with van der Waals surface area (Å²) in [6.07, 6.45) is -1.08. The van der Waals surface area contributed by atoms with Gasteiger partial charge in [-0.2, -0.15) is 0 Å². The quantitative estimate of drug-likeness (QED) is 0.892. The molecule has 0 saturated heterocycles. The van der Waals surface area contributed by atoms with Gasteiger partial charge in [0, 0.05) is 0 Å². The second kappa shape index (κ2) is 6.30. The Balaban J connectivity index is 2.16. The molecule has 0 aliphatic heterocycles. The maximum atomic E-state index is 12.3. The standard InChI is InChI=1S/C14H19F2NO2/c1-17-14-11-5-4-10(18-2)7-9(11)3-6-12(14)19-8-13(15)16/h4-5,7,12-14,17H,3,6,8H2,1-2H3. The lowest BCUT2D eigenvalue weighted by Crippen LogP contribution is -2.36. The highest BCUT2D eigenvalue weighted by Gasteiger charge is 2.30. The monoisotopic (exact) mass is 271 g/mol. The van der Waals surface area contributed by atoms with Crippen LogP contribution in [0.5, 0.6) is 5.75 Å². The zero-order valence-corrected chi connectivity index (χ0v) is 11.2. The van der Waals surface area contributed by atoms with E-state index in [-0.39, 0.29) is 12.1 Å². The Hall–Kier alpha value is -1.20. The number of halogens is 2. The number of hydrogen-bond acceptors (Lipinski definition) is 3. The molecular weight excluding hydrogens is 252 g/mol. The molecule has 1 N–H and O–H groups in total. The number of methoxy groups -OCH3 is 1. The van der Waals surface area contributed by atoms with Gasteiger partial charge in [0.1, 0.15) is 12.4 Å². The molecule has 0 heterocycles. The van der Waals surface area contributed by atoms with Crippen molar-refractivity contribution in [2.75, 3.05) is 20.8 Å². The van der Waals surface area contributed by atoms with Crippen LogP contribution in [0.25, 0.3) is 0 Å². The molecule has 1 aliphatic carbocycles. The third kappa shape index (κ3) is 3.22. The highest BCUT2D eigenvalue weighted by molar-refractivity contribution is 5.39. The molecule has 0 amide bonds. The third-order valence-electron chi connectivity index (χ3n) is 3.50. The first-order valence-electron chi connectivity index (χ1n) is 6.39. The molecular formula is C14H19F2NO2. The summed E-state index contributed by atoms with van der Waals surface area (Å²) in [7, 11) is 3.46. The molecule has 2 rings (SSSR count). The van der Waals surface area contributed by atoms with Crippen LogP contribution in [0.2, 0.25) is 0 Å². The lowest BCUT2D eigenvalue weighted by atomic mass is 9.85. The zero-order chi connectivity index (χ0) is 13.8. The molecule has 1 aromatic rings. The first-order valence-corrected chi connectivity index (χ1v) is 6.39. The van der Waals surface area contributed by atoms with Crippen LogP contribution >= 0.6 is 0 Å². The van der Waals surface area contributed by atoms with Crippen LogP contribution in [0, 0.1) is 0 Å². The van der Waals surface area contributed by atoms with E-state index in [1.807, 2.05) is 25.2 Å². The fraction of sp³-hybridized carbons (Fsp3) is 0.571. The van der Waals surface area contributed by atoms with E-state index in [1.165, 1.54) is 5.56 Å². The van der Waals surface area contributed by atoms with E-state index in [0.717, 1.165) is 24.2 Å². The SMILES string of the molecule is CNC1c2ccc(OC)cc2CCC1OCC(F)F. The molecule has 2 unspecified atom stereocenters. The first kappa shape index (κ1) is 14.2. The maximum absolute atomic E-state index is 12.3. The average molecular weight is 271 g/mol. The fourth-order valence-corrected chi connectivity index (χ4v) is 2.61. The van der Waals surface area contributed by atoms with Crippen molar-refractivity contribution < 1.29 is 18.3 Å². The first-order chi connectivity index (χ1) is 9.15. The second-order valence-electron chi connectivity index (χ2n) is 4.63. The summed E-state index contributed by atoms with van der Waals surface area (Å²) in [5, 5.41) is 3.16. The molecule has 1 aromatic carbocycles. The van der Waals surface area contributed by atoms with Gasteiger partial charge in [-0.3, -0.25) is 0 Å². The Morgan fingerprint density at radius 1 is 1.42 bits per heavy atom. The van der Waals surface area contributed by atoms with Gasteiger partial charge in [0.15, 0.2) is 0 Å². The number of nitrogens with one attached hydrogen (secondary N) is 1. The van der Waals surface area contributed by atoms with Crippen LogP contribution in [-0.4, -0.2) is 33.3 Å². The molecule has 2 atom stereocenters. The van der Waals surface area contributed by atoms with Crippen molar-refractivity contribution in [2.24, 2.45) is 0 Å². The summed E-state index contributed by atoms with van der Waals surface area (Å²) in [6, 6.07) is 5.82. The van der Waals surface area contributed by atoms with E-state index in [9.17, 15) is 8.78 Å². The van der Waals surface area contributed by atoms with Gasteiger partial charge in [0.2, 0.25) is 0 Å². The summed E-state index contributed by atoms with van der Waals surface area (Å²) in [4.78, 5) is 0. The summed E-state index contributed by atoms with van der Waals surface area (Å²) in [5.41, 5.74) is 2.30. The van der Waals surface area contributed by atoms with Gasteiger partial charge in [-0.25, -0.2) is 8.78 Å². The molecule has 5 heteroatoms. The largest absolute Gasteiger partial charge is 0.497 e. The van der Waals surface area contributed by atoms with Crippen LogP contribution in [0.4, 0.5) is 8.78 Å². The fourth-order valence-electron chi connectivity index (χ4n) is 2.61. The van der Waals surface area contributed by atoms with Gasteiger partial charge < -0.3 is 14.8 Å². The van der Waals surface area contributed by atoms with Gasteiger partial charge in [0.05, 0.1) is 19.3 Å². The molecule has 0 radical (unpaired) electrons. The number of alkyl halides is 2. The highest BCUT2D eigenvalue weighted by Crippen LogP contribution is 2.33. The number of ether oxygens (including phenoxy) is 2. The van der Waals surface area contributed by atoms with Crippen molar-refractivity contribution in [3.05, 3.63) is 29.3 Å². The zero-order valence-electron chi connectivity index (χ0n) is 11.2. The molecule has 0 aromatic heterocycles. The molecule has 19 heavy (non-hydrogen) atoms. The van der Waals surface area contributed by atoms with Crippen LogP contribution in [-0.2, 0) is 11.2 Å². The van der Waals surface area contributed by atoms with Gasteiger partial charge in [-0.15, -0.1) is 0 Å². The van der Waals surface area contributed by atoms with Gasteiger partial charge in [-0.05, 0) is 43.1 Å². The molecule has 106 valence electrons. The number of likely N-dealkylation sites (N-methyl/N-ethyl adjacent to an activating group) is 1. The van der Waals surface area contributed by atoms with Gasteiger partial charge in [0.25, 0.3) is 6.43 Å². The second-order valence-corrected chi connectivity index (χ2v) is 4.63. The van der Waals surface area contributed by atoms with E-state index in [0.29, 0.717) is 0 Å². The van der Waals surface area contributed by atoms with Crippen molar-refractivity contribution in [1.82, 2.24) is 5.32 Å². The Morgan fingerprint density at radius 2 is 2.21 bits per heavy atom. The molecule has 0 fully saturated rings. The normalized spacial score (nSPS) is 22.4. The molecule has 0 saturated carbocycles. The minimum absolute atomic E-state index is 0.0478. The summed E-state index contributed by atoms with van der Waals surface area (Å²) in [6.45, 7) is -0.506. The van der Waals surface area contributed by atoms with E-state index < -0.39 is 13.0 Å². The van der Waals surface area contributed by atoms with Crippen molar-refractivity contribution in [2.45, 2.75) is 31.4 Å². The van der Waals surface area contributed by atoms with Gasteiger partial charge in [-0.1, -0.05) is 6.07 Å². The van der Waals surface area contributed by atoms with Crippen molar-refractivity contribution in [3.8, 4) is 5.75 Å². The summed E-state index contributed by atoms with van der Waals surface area (Å²) < 4.78 is 35.0. The number of fused-ring (bicyclic) bond motifs is 1. The lowest BCUT2D eigenvalue weighted by Gasteiger charge is -2.33. The predicted octanol–water partition coefficient (Wildman–Crippen LogP) is 2.55. The smallest absolute Gasteiger partial charge is 0.261 e. The minimum Gasteiger partial charge on any atom is -0.497 e. The Labute approximate surface area is 111 Å². The van der Waals surface area contributed by atoms with E-state index in [2.05, 4.69) is 5.32 Å². The van der Waals surface area contributed by atoms with Gasteiger partial charge >= 0.3 is 0 Å². The molecule has 0 spiro atoms. The Morgan fingerprint density at radius 3 is 2.84 bits per heavy atom. The van der Waals surface area contributed by atoms with Crippen LogP contribution in [0.15, 0.2) is 18.2 Å². The van der Waals surface area contributed by atoms with E-state index in [1.54, 1.807) is 7.11 Å². The molecule has 0 bridgehead atoms. The number of hydrogen-bond donors (Lipinski definition) is 1. The Kier molecular flexibility index (Phi) is 4.71. The van der Waals surface area contributed by atoms with Crippen LogP contribution < -0.4 is 10.1 Å². The molecule has 1 aliphatic rings. The van der Waals surface area contributed by atoms with Crippen LogP contribution in [0.1, 0.15) is 23.6 Å². The maximum Gasteiger partial charge on any atom is 0.261 e. The number of rotatable bonds is 5. The van der Waals surface area contributed by atoms with E-state index >= 15 is 0 Å². The summed E-state index contributed by atoms with van der Waals surface area (Å²) >= 11 is 0. The lowest BCUT2D eigenvalue weighted by molar-refractivity contribution is -0.0432. The van der Waals surface area contributed by atoms with Crippen molar-refractivity contribution in [3.63, 3.8) is 0 Å². The number of benzene rings is 1. The van der Waals surface area contributed by atoms with Crippen molar-refractivity contribution >= 4 is 0 Å². The minimum atomic E-state index is -2.42. The predicted molar refractivity (Wildman–Crippen MR) is 68.9 cm³/mol. The van der Waals surface area contributed by atoms with Crippen molar-refractivity contribution in [1.29, 1.82) is 0 Å².